The number of halogens is 1. The molecule has 0 saturated heterocycles. The smallest absolute Gasteiger partial charge is 0.332 e. The molecule has 1 heterocycles. The molecule has 0 aliphatic heterocycles. The molecule has 152 valence electrons. The second-order valence-electron chi connectivity index (χ2n) is 7.11. The van der Waals surface area contributed by atoms with Crippen molar-refractivity contribution in [2.45, 2.75) is 44.6 Å². The van der Waals surface area contributed by atoms with Crippen molar-refractivity contribution in [1.82, 2.24) is 9.13 Å². The third-order valence-electron chi connectivity index (χ3n) is 5.45. The number of amidine groups is 1. The number of imidazole rings is 1. The number of hydrogen-bond donors (Lipinski definition) is 2. The molecule has 1 saturated carbocycles. The van der Waals surface area contributed by atoms with Crippen LogP contribution in [0.4, 0.5) is 0 Å². The van der Waals surface area contributed by atoms with Gasteiger partial charge in [-0.1, -0.05) is 0 Å². The summed E-state index contributed by atoms with van der Waals surface area (Å²) in [6.07, 6.45) is 8.89. The first-order valence-electron chi connectivity index (χ1n) is 9.30. The van der Waals surface area contributed by atoms with Gasteiger partial charge in [0.1, 0.15) is 5.84 Å². The fourth-order valence-electron chi connectivity index (χ4n) is 3.80. The van der Waals surface area contributed by atoms with Crippen LogP contribution < -0.4 is 11.4 Å². The standard InChI is InChI=1S/C20H26N4O3.ClH/c1-27-18(25)11-4-14-2-7-16(8-3-14)23-12-13-24(20(23)26)17-9-5-15(6-10-17)19(21)22;/h5-6,9-10,12-14,16H,2-4,7-8,11H2,1H3,(H3,21,22);1H/t14-,16-;. The zero-order valence-corrected chi connectivity index (χ0v) is 16.8. The summed E-state index contributed by atoms with van der Waals surface area (Å²) in [6.45, 7) is 0. The number of esters is 1. The van der Waals surface area contributed by atoms with Crippen molar-refractivity contribution in [2.75, 3.05) is 7.11 Å². The van der Waals surface area contributed by atoms with Crippen LogP contribution in [-0.2, 0) is 9.53 Å². The van der Waals surface area contributed by atoms with Crippen LogP contribution in [0.25, 0.3) is 5.69 Å². The summed E-state index contributed by atoms with van der Waals surface area (Å²) in [6, 6.07) is 7.28. The lowest BCUT2D eigenvalue weighted by molar-refractivity contribution is -0.141. The summed E-state index contributed by atoms with van der Waals surface area (Å²) in [5, 5.41) is 7.45. The van der Waals surface area contributed by atoms with Crippen LogP contribution in [0.2, 0.25) is 0 Å². The maximum Gasteiger partial charge on any atom is 0.332 e. The van der Waals surface area contributed by atoms with Gasteiger partial charge in [-0.15, -0.1) is 12.4 Å². The molecule has 1 aliphatic rings. The number of carbonyl (C=O) groups excluding carboxylic acids is 1. The van der Waals surface area contributed by atoms with Gasteiger partial charge in [0.05, 0.1) is 12.8 Å². The van der Waals surface area contributed by atoms with Gasteiger partial charge >= 0.3 is 11.7 Å². The first kappa shape index (κ1) is 21.8. The Labute approximate surface area is 170 Å². The molecule has 0 atom stereocenters. The Bertz CT molecular complexity index is 864. The Morgan fingerprint density at radius 2 is 1.82 bits per heavy atom. The van der Waals surface area contributed by atoms with Gasteiger partial charge in [0.2, 0.25) is 0 Å². The van der Waals surface area contributed by atoms with Crippen LogP contribution in [0.5, 0.6) is 0 Å². The SMILES string of the molecule is COC(=O)CC[C@H]1CC[C@H](n2ccn(-c3ccc(C(=N)N)cc3)c2=O)CC1.Cl. The molecule has 1 aliphatic carbocycles. The molecule has 0 radical (unpaired) electrons. The van der Waals surface area contributed by atoms with Crippen LogP contribution in [0.3, 0.4) is 0 Å². The normalized spacial score (nSPS) is 18.9. The number of benzene rings is 1. The van der Waals surface area contributed by atoms with Gasteiger partial charge in [0.25, 0.3) is 0 Å². The molecule has 28 heavy (non-hydrogen) atoms. The lowest BCUT2D eigenvalue weighted by atomic mass is 9.83. The molecule has 0 bridgehead atoms. The number of nitrogen functional groups attached to an aromatic ring is 1. The zero-order valence-electron chi connectivity index (χ0n) is 16.0. The minimum Gasteiger partial charge on any atom is -0.469 e. The van der Waals surface area contributed by atoms with Gasteiger partial charge in [-0.2, -0.15) is 0 Å². The third kappa shape index (κ3) is 4.84. The van der Waals surface area contributed by atoms with E-state index in [1.54, 1.807) is 35.0 Å². The highest BCUT2D eigenvalue weighted by Crippen LogP contribution is 2.33. The van der Waals surface area contributed by atoms with Crippen molar-refractivity contribution < 1.29 is 9.53 Å². The average Bonchev–Trinajstić information content (AvgIpc) is 3.08. The second-order valence-corrected chi connectivity index (χ2v) is 7.11. The number of nitrogens with one attached hydrogen (secondary N) is 1. The summed E-state index contributed by atoms with van der Waals surface area (Å²) in [5.74, 6) is 0.383. The first-order valence-corrected chi connectivity index (χ1v) is 9.30. The van der Waals surface area contributed by atoms with E-state index in [0.29, 0.717) is 17.9 Å². The Balaban J connectivity index is 0.00000280. The molecule has 3 rings (SSSR count). The Morgan fingerprint density at radius 1 is 1.18 bits per heavy atom. The number of ether oxygens (including phenoxy) is 1. The summed E-state index contributed by atoms with van der Waals surface area (Å²) in [7, 11) is 1.42. The fourth-order valence-corrected chi connectivity index (χ4v) is 3.80. The summed E-state index contributed by atoms with van der Waals surface area (Å²) in [5.41, 5.74) is 6.82. The average molecular weight is 407 g/mol. The number of methoxy groups -OCH3 is 1. The summed E-state index contributed by atoms with van der Waals surface area (Å²) in [4.78, 5) is 24.1. The Hall–Kier alpha value is -2.54. The predicted molar refractivity (Wildman–Crippen MR) is 111 cm³/mol. The van der Waals surface area contributed by atoms with Crippen molar-refractivity contribution >= 4 is 24.2 Å². The first-order chi connectivity index (χ1) is 13.0. The topological polar surface area (TPSA) is 103 Å². The van der Waals surface area contributed by atoms with E-state index in [1.807, 2.05) is 10.8 Å². The van der Waals surface area contributed by atoms with Crippen LogP contribution in [0, 0.1) is 11.3 Å². The van der Waals surface area contributed by atoms with Gasteiger partial charge in [0, 0.05) is 30.4 Å². The zero-order chi connectivity index (χ0) is 19.4. The molecule has 0 spiro atoms. The molecule has 0 unspecified atom stereocenters. The van der Waals surface area contributed by atoms with E-state index in [1.165, 1.54) is 7.11 Å². The van der Waals surface area contributed by atoms with Crippen LogP contribution in [0.1, 0.15) is 50.1 Å². The Kier molecular flexibility index (Phi) is 7.45. The number of hydrogen-bond acceptors (Lipinski definition) is 4. The maximum atomic E-state index is 12.8. The number of carbonyl (C=O) groups is 1. The van der Waals surface area contributed by atoms with Crippen molar-refractivity contribution in [3.05, 3.63) is 52.7 Å². The van der Waals surface area contributed by atoms with E-state index >= 15 is 0 Å². The van der Waals surface area contributed by atoms with Crippen molar-refractivity contribution in [3.63, 3.8) is 0 Å². The minimum absolute atomic E-state index is 0. The van der Waals surface area contributed by atoms with Gasteiger partial charge in [-0.3, -0.25) is 19.3 Å². The quantitative estimate of drug-likeness (QED) is 0.437. The molecule has 1 aromatic heterocycles. The van der Waals surface area contributed by atoms with Crippen LogP contribution in [-0.4, -0.2) is 28.0 Å². The largest absolute Gasteiger partial charge is 0.469 e. The summed E-state index contributed by atoms with van der Waals surface area (Å²) >= 11 is 0. The third-order valence-corrected chi connectivity index (χ3v) is 5.45. The van der Waals surface area contributed by atoms with Crippen LogP contribution >= 0.6 is 12.4 Å². The number of rotatable bonds is 6. The second kappa shape index (κ2) is 9.59. The molecule has 2 aromatic rings. The van der Waals surface area contributed by atoms with Crippen LogP contribution in [0.15, 0.2) is 41.5 Å². The lowest BCUT2D eigenvalue weighted by Crippen LogP contribution is -2.29. The molecule has 8 heteroatoms. The van der Waals surface area contributed by atoms with E-state index in [0.717, 1.165) is 37.8 Å². The Morgan fingerprint density at radius 3 is 2.39 bits per heavy atom. The van der Waals surface area contributed by atoms with E-state index < -0.39 is 0 Å². The van der Waals surface area contributed by atoms with Gasteiger partial charge in [0.15, 0.2) is 0 Å². The monoisotopic (exact) mass is 406 g/mol. The highest BCUT2D eigenvalue weighted by Gasteiger charge is 2.24. The number of nitrogens with two attached hydrogens (primary N) is 1. The van der Waals surface area contributed by atoms with Gasteiger partial charge in [-0.05, 0) is 62.3 Å². The van der Waals surface area contributed by atoms with Crippen molar-refractivity contribution in [2.24, 2.45) is 11.7 Å². The van der Waals surface area contributed by atoms with E-state index in [9.17, 15) is 9.59 Å². The van der Waals surface area contributed by atoms with E-state index in [4.69, 9.17) is 15.9 Å². The molecule has 3 N–H and O–H groups in total. The number of aromatic nitrogens is 2. The van der Waals surface area contributed by atoms with E-state index in [2.05, 4.69) is 0 Å². The van der Waals surface area contributed by atoms with Gasteiger partial charge < -0.3 is 10.5 Å². The highest BCUT2D eigenvalue weighted by atomic mass is 35.5. The molecule has 7 nitrogen and oxygen atoms in total. The lowest BCUT2D eigenvalue weighted by Gasteiger charge is -2.28. The molecule has 1 aromatic carbocycles. The predicted octanol–water partition coefficient (Wildman–Crippen LogP) is 3.03. The van der Waals surface area contributed by atoms with Crippen molar-refractivity contribution in [1.29, 1.82) is 5.41 Å². The molecule has 1 fully saturated rings. The maximum absolute atomic E-state index is 12.8. The van der Waals surface area contributed by atoms with Gasteiger partial charge in [-0.25, -0.2) is 4.79 Å². The minimum atomic E-state index is -0.152. The van der Waals surface area contributed by atoms with E-state index in [-0.39, 0.29) is 35.9 Å². The molecular formula is C20H27ClN4O3. The van der Waals surface area contributed by atoms with Crippen molar-refractivity contribution in [3.8, 4) is 5.69 Å². The highest BCUT2D eigenvalue weighted by molar-refractivity contribution is 5.95. The number of nitrogens with zero attached hydrogens (tertiary/aromatic N) is 2. The molecule has 0 amide bonds. The summed E-state index contributed by atoms with van der Waals surface area (Å²) < 4.78 is 8.14. The molecular weight excluding hydrogens is 380 g/mol. The fraction of sp³-hybridized carbons (Fsp3) is 0.450.